The first kappa shape index (κ1) is 15.3. The number of benzene rings is 1. The fourth-order valence-electron chi connectivity index (χ4n) is 2.90. The minimum absolute atomic E-state index is 0.0898. The van der Waals surface area contributed by atoms with Crippen molar-refractivity contribution >= 4 is 17.9 Å². The Morgan fingerprint density at radius 2 is 2.22 bits per heavy atom. The van der Waals surface area contributed by atoms with Crippen molar-refractivity contribution in [3.05, 3.63) is 58.7 Å². The van der Waals surface area contributed by atoms with Crippen LogP contribution < -0.4 is 11.1 Å². The van der Waals surface area contributed by atoms with Gasteiger partial charge in [-0.1, -0.05) is 6.07 Å². The summed E-state index contributed by atoms with van der Waals surface area (Å²) in [5, 5.41) is 2.60. The van der Waals surface area contributed by atoms with Crippen molar-refractivity contribution in [3.8, 4) is 0 Å². The number of aromatic nitrogens is 1. The number of anilines is 1. The lowest BCUT2D eigenvalue weighted by atomic mass is 9.85. The smallest absolute Gasteiger partial charge is 0.260 e. The molecule has 0 fully saturated rings. The third kappa shape index (κ3) is 2.98. The number of hydrogen-bond acceptors (Lipinski definition) is 4. The Morgan fingerprint density at radius 3 is 2.96 bits per heavy atom. The Hall–Kier alpha value is -2.60. The van der Waals surface area contributed by atoms with Crippen LogP contribution in [0.25, 0.3) is 0 Å². The predicted molar refractivity (Wildman–Crippen MR) is 84.0 cm³/mol. The fourth-order valence-corrected chi connectivity index (χ4v) is 2.90. The molecule has 1 heterocycles. The molecule has 1 aliphatic rings. The lowest BCUT2D eigenvalue weighted by molar-refractivity contribution is 0.102. The average Bonchev–Trinajstić information content (AvgIpc) is 2.55. The molecule has 5 nitrogen and oxygen atoms in total. The van der Waals surface area contributed by atoms with E-state index in [9.17, 15) is 14.0 Å². The summed E-state index contributed by atoms with van der Waals surface area (Å²) in [4.78, 5) is 27.1. The van der Waals surface area contributed by atoms with E-state index in [1.165, 1.54) is 18.3 Å². The number of nitrogens with two attached hydrogens (primary N) is 1. The highest BCUT2D eigenvalue weighted by atomic mass is 19.1. The lowest BCUT2D eigenvalue weighted by Gasteiger charge is -2.24. The molecule has 0 spiro atoms. The van der Waals surface area contributed by atoms with Crippen LogP contribution in [-0.2, 0) is 12.8 Å². The van der Waals surface area contributed by atoms with Crippen LogP contribution in [0.15, 0.2) is 30.5 Å². The molecule has 0 saturated heterocycles. The van der Waals surface area contributed by atoms with Gasteiger partial charge in [-0.25, -0.2) is 4.98 Å². The van der Waals surface area contributed by atoms with E-state index in [0.29, 0.717) is 24.1 Å². The number of fused-ring (bicyclic) bond motifs is 1. The van der Waals surface area contributed by atoms with Crippen molar-refractivity contribution in [2.45, 2.75) is 25.3 Å². The van der Waals surface area contributed by atoms with E-state index in [1.54, 1.807) is 6.07 Å². The molecule has 23 heavy (non-hydrogen) atoms. The highest BCUT2D eigenvalue weighted by Crippen LogP contribution is 2.28. The summed E-state index contributed by atoms with van der Waals surface area (Å²) in [7, 11) is 0. The molecular formula is C17H16FN3O2. The molecule has 1 atom stereocenters. The number of amides is 1. The molecule has 1 aromatic heterocycles. The normalized spacial score (nSPS) is 16.5. The lowest BCUT2D eigenvalue weighted by Crippen LogP contribution is -2.28. The third-order valence-electron chi connectivity index (χ3n) is 4.07. The summed E-state index contributed by atoms with van der Waals surface area (Å²) in [5.74, 6) is -1.48. The van der Waals surface area contributed by atoms with Crippen molar-refractivity contribution in [1.82, 2.24) is 4.98 Å². The van der Waals surface area contributed by atoms with Gasteiger partial charge in [0.15, 0.2) is 6.29 Å². The number of hydrogen-bond donors (Lipinski definition) is 2. The Balaban J connectivity index is 1.93. The van der Waals surface area contributed by atoms with E-state index in [4.69, 9.17) is 5.73 Å². The molecule has 1 amide bonds. The number of pyridine rings is 1. The molecule has 3 rings (SSSR count). The molecule has 0 aliphatic heterocycles. The molecule has 0 bridgehead atoms. The zero-order chi connectivity index (χ0) is 16.4. The van der Waals surface area contributed by atoms with Gasteiger partial charge in [0.2, 0.25) is 5.95 Å². The van der Waals surface area contributed by atoms with E-state index >= 15 is 0 Å². The Labute approximate surface area is 132 Å². The maximum atomic E-state index is 13.6. The van der Waals surface area contributed by atoms with Crippen LogP contribution in [0, 0.1) is 5.95 Å². The zero-order valence-electron chi connectivity index (χ0n) is 12.4. The molecule has 0 radical (unpaired) electrons. The van der Waals surface area contributed by atoms with Gasteiger partial charge in [-0.05, 0) is 48.6 Å². The SMILES string of the molecule is N[C@H]1CCc2c(ccc(NC(=O)c3cccnc3F)c2C=O)C1. The van der Waals surface area contributed by atoms with Crippen molar-refractivity contribution in [1.29, 1.82) is 0 Å². The first-order valence-electron chi connectivity index (χ1n) is 7.37. The van der Waals surface area contributed by atoms with Gasteiger partial charge in [0.25, 0.3) is 5.91 Å². The van der Waals surface area contributed by atoms with Crippen molar-refractivity contribution in [2.75, 3.05) is 5.32 Å². The molecule has 2 aromatic rings. The number of nitrogens with zero attached hydrogens (tertiary/aromatic N) is 1. The molecule has 118 valence electrons. The number of carbonyl (C=O) groups is 2. The molecular weight excluding hydrogens is 297 g/mol. The monoisotopic (exact) mass is 313 g/mol. The van der Waals surface area contributed by atoms with E-state index in [2.05, 4.69) is 10.3 Å². The summed E-state index contributed by atoms with van der Waals surface area (Å²) in [6.07, 6.45) is 4.19. The van der Waals surface area contributed by atoms with E-state index < -0.39 is 11.9 Å². The van der Waals surface area contributed by atoms with E-state index in [-0.39, 0.29) is 11.6 Å². The second-order valence-electron chi connectivity index (χ2n) is 5.58. The molecule has 1 aliphatic carbocycles. The average molecular weight is 313 g/mol. The molecule has 6 heteroatoms. The van der Waals surface area contributed by atoms with Gasteiger partial charge in [0.05, 0.1) is 11.3 Å². The van der Waals surface area contributed by atoms with Crippen molar-refractivity contribution in [2.24, 2.45) is 5.73 Å². The molecule has 0 saturated carbocycles. The topological polar surface area (TPSA) is 85.1 Å². The van der Waals surface area contributed by atoms with Crippen LogP contribution in [0.5, 0.6) is 0 Å². The van der Waals surface area contributed by atoms with Crippen LogP contribution in [0.3, 0.4) is 0 Å². The fraction of sp³-hybridized carbons (Fsp3) is 0.235. The zero-order valence-corrected chi connectivity index (χ0v) is 12.4. The van der Waals surface area contributed by atoms with Crippen LogP contribution in [0.2, 0.25) is 0 Å². The summed E-state index contributed by atoms with van der Waals surface area (Å²) < 4.78 is 13.6. The Bertz CT molecular complexity index is 776. The Morgan fingerprint density at radius 1 is 1.39 bits per heavy atom. The van der Waals surface area contributed by atoms with Gasteiger partial charge >= 0.3 is 0 Å². The summed E-state index contributed by atoms with van der Waals surface area (Å²) in [5.41, 5.74) is 8.53. The summed E-state index contributed by atoms with van der Waals surface area (Å²) in [6, 6.07) is 6.43. The molecule has 3 N–H and O–H groups in total. The van der Waals surface area contributed by atoms with Gasteiger partial charge < -0.3 is 11.1 Å². The second kappa shape index (κ2) is 6.26. The molecule has 1 aromatic carbocycles. The van der Waals surface area contributed by atoms with Gasteiger partial charge in [-0.3, -0.25) is 9.59 Å². The maximum Gasteiger partial charge on any atom is 0.260 e. The number of halogens is 1. The van der Waals surface area contributed by atoms with Crippen LogP contribution in [-0.4, -0.2) is 23.2 Å². The van der Waals surface area contributed by atoms with Crippen LogP contribution >= 0.6 is 0 Å². The minimum atomic E-state index is -0.846. The largest absolute Gasteiger partial charge is 0.327 e. The summed E-state index contributed by atoms with van der Waals surface area (Å²) >= 11 is 0. The molecule has 0 unspecified atom stereocenters. The maximum absolute atomic E-state index is 13.6. The third-order valence-corrected chi connectivity index (χ3v) is 4.07. The first-order chi connectivity index (χ1) is 11.1. The number of carbonyl (C=O) groups excluding carboxylic acids is 2. The van der Waals surface area contributed by atoms with Crippen LogP contribution in [0.4, 0.5) is 10.1 Å². The second-order valence-corrected chi connectivity index (χ2v) is 5.58. The number of nitrogens with one attached hydrogen (secondary N) is 1. The first-order valence-corrected chi connectivity index (χ1v) is 7.37. The number of rotatable bonds is 3. The Kier molecular flexibility index (Phi) is 4.16. The standard InChI is InChI=1S/C17H16FN3O2/c18-16-13(2-1-7-20-16)17(23)21-15-6-3-10-8-11(19)4-5-12(10)14(15)9-22/h1-3,6-7,9,11H,4-5,8,19H2,(H,21,23)/t11-/m0/s1. The summed E-state index contributed by atoms with van der Waals surface area (Å²) in [6.45, 7) is 0. The highest BCUT2D eigenvalue weighted by molar-refractivity contribution is 6.06. The van der Waals surface area contributed by atoms with Gasteiger partial charge in [0, 0.05) is 17.8 Å². The van der Waals surface area contributed by atoms with Crippen molar-refractivity contribution in [3.63, 3.8) is 0 Å². The minimum Gasteiger partial charge on any atom is -0.327 e. The van der Waals surface area contributed by atoms with Gasteiger partial charge in [0.1, 0.15) is 0 Å². The van der Waals surface area contributed by atoms with E-state index in [0.717, 1.165) is 23.8 Å². The van der Waals surface area contributed by atoms with Gasteiger partial charge in [-0.15, -0.1) is 0 Å². The predicted octanol–water partition coefficient (Wildman–Crippen LogP) is 2.10. The highest BCUT2D eigenvalue weighted by Gasteiger charge is 2.21. The number of aldehydes is 1. The van der Waals surface area contributed by atoms with Gasteiger partial charge in [-0.2, -0.15) is 4.39 Å². The van der Waals surface area contributed by atoms with Crippen LogP contribution in [0.1, 0.15) is 38.3 Å². The van der Waals surface area contributed by atoms with Crippen molar-refractivity contribution < 1.29 is 14.0 Å². The van der Waals surface area contributed by atoms with E-state index in [1.807, 2.05) is 6.07 Å². The quantitative estimate of drug-likeness (QED) is 0.671.